The fourth-order valence-corrected chi connectivity index (χ4v) is 2.78. The summed E-state index contributed by atoms with van der Waals surface area (Å²) in [6.07, 6.45) is 1.53. The first-order valence-electron chi connectivity index (χ1n) is 7.74. The summed E-state index contributed by atoms with van der Waals surface area (Å²) in [5, 5.41) is 0.514. The number of fused-ring (bicyclic) bond motifs is 2. The van der Waals surface area contributed by atoms with Crippen molar-refractivity contribution in [3.05, 3.63) is 58.9 Å². The van der Waals surface area contributed by atoms with Gasteiger partial charge in [0.25, 0.3) is 5.56 Å². The van der Waals surface area contributed by atoms with Crippen molar-refractivity contribution in [2.75, 3.05) is 14.2 Å². The highest BCUT2D eigenvalue weighted by Gasteiger charge is 2.09. The number of rotatable bonds is 4. The van der Waals surface area contributed by atoms with Crippen LogP contribution in [0, 0.1) is 0 Å². The van der Waals surface area contributed by atoms with Crippen molar-refractivity contribution >= 4 is 21.9 Å². The zero-order valence-electron chi connectivity index (χ0n) is 13.8. The van der Waals surface area contributed by atoms with E-state index in [2.05, 4.69) is 15.0 Å². The highest BCUT2D eigenvalue weighted by molar-refractivity contribution is 5.79. The molecule has 0 fully saturated rings. The summed E-state index contributed by atoms with van der Waals surface area (Å²) in [6.45, 7) is 0.302. The van der Waals surface area contributed by atoms with Crippen LogP contribution < -0.4 is 15.0 Å². The van der Waals surface area contributed by atoms with Gasteiger partial charge in [-0.3, -0.25) is 9.36 Å². The second-order valence-corrected chi connectivity index (χ2v) is 5.63. The van der Waals surface area contributed by atoms with Crippen molar-refractivity contribution in [1.82, 2.24) is 19.5 Å². The maximum Gasteiger partial charge on any atom is 0.261 e. The van der Waals surface area contributed by atoms with Gasteiger partial charge in [0, 0.05) is 6.07 Å². The standard InChI is InChI=1S/C18H16N4O3/c1-24-11-3-5-14-13(7-11)18(23)22(10-19-14)9-17-20-15-6-4-12(25-2)8-16(15)21-17/h3-8,10H,9H2,1-2H3,(H,20,21). The molecule has 2 heterocycles. The van der Waals surface area contributed by atoms with Gasteiger partial charge in [-0.1, -0.05) is 0 Å². The fourth-order valence-electron chi connectivity index (χ4n) is 2.78. The van der Waals surface area contributed by atoms with Gasteiger partial charge in [0.1, 0.15) is 17.3 Å². The van der Waals surface area contributed by atoms with Crippen molar-refractivity contribution in [2.24, 2.45) is 0 Å². The Kier molecular flexibility index (Phi) is 3.61. The van der Waals surface area contributed by atoms with E-state index in [0.717, 1.165) is 16.8 Å². The summed E-state index contributed by atoms with van der Waals surface area (Å²) in [7, 11) is 3.19. The molecule has 0 aliphatic carbocycles. The number of nitrogens with one attached hydrogen (secondary N) is 1. The number of benzene rings is 2. The number of ether oxygens (including phenoxy) is 2. The van der Waals surface area contributed by atoms with E-state index < -0.39 is 0 Å². The average Bonchev–Trinajstić information content (AvgIpc) is 3.05. The molecule has 4 aromatic rings. The summed E-state index contributed by atoms with van der Waals surface area (Å²) in [5.74, 6) is 2.05. The van der Waals surface area contributed by atoms with Gasteiger partial charge in [-0.05, 0) is 30.3 Å². The number of aromatic amines is 1. The Morgan fingerprint density at radius 3 is 2.52 bits per heavy atom. The van der Waals surface area contributed by atoms with E-state index in [1.54, 1.807) is 32.4 Å². The minimum atomic E-state index is -0.137. The lowest BCUT2D eigenvalue weighted by Crippen LogP contribution is -2.21. The van der Waals surface area contributed by atoms with Crippen molar-refractivity contribution in [3.8, 4) is 11.5 Å². The van der Waals surface area contributed by atoms with Gasteiger partial charge < -0.3 is 14.5 Å². The molecule has 7 heteroatoms. The quantitative estimate of drug-likeness (QED) is 0.618. The Morgan fingerprint density at radius 2 is 1.76 bits per heavy atom. The average molecular weight is 336 g/mol. The number of aromatic nitrogens is 4. The number of nitrogens with zero attached hydrogens (tertiary/aromatic N) is 3. The molecular weight excluding hydrogens is 320 g/mol. The van der Waals surface area contributed by atoms with Crippen LogP contribution in [0.2, 0.25) is 0 Å². The van der Waals surface area contributed by atoms with Crippen molar-refractivity contribution < 1.29 is 9.47 Å². The largest absolute Gasteiger partial charge is 0.497 e. The van der Waals surface area contributed by atoms with Crippen LogP contribution in [0.3, 0.4) is 0 Å². The molecule has 0 atom stereocenters. The minimum Gasteiger partial charge on any atom is -0.497 e. The van der Waals surface area contributed by atoms with Gasteiger partial charge in [0.15, 0.2) is 0 Å². The lowest BCUT2D eigenvalue weighted by molar-refractivity contribution is 0.415. The molecule has 0 amide bonds. The van der Waals surface area contributed by atoms with E-state index in [9.17, 15) is 4.79 Å². The first-order chi connectivity index (χ1) is 12.2. The van der Waals surface area contributed by atoms with E-state index >= 15 is 0 Å². The molecular formula is C18H16N4O3. The van der Waals surface area contributed by atoms with E-state index in [-0.39, 0.29) is 5.56 Å². The highest BCUT2D eigenvalue weighted by atomic mass is 16.5. The molecule has 0 aliphatic heterocycles. The molecule has 25 heavy (non-hydrogen) atoms. The van der Waals surface area contributed by atoms with Gasteiger partial charge in [0.05, 0.1) is 49.0 Å². The van der Waals surface area contributed by atoms with Gasteiger partial charge in [0.2, 0.25) is 0 Å². The fraction of sp³-hybridized carbons (Fsp3) is 0.167. The number of hydrogen-bond donors (Lipinski definition) is 1. The summed E-state index contributed by atoms with van der Waals surface area (Å²) in [4.78, 5) is 24.8. The van der Waals surface area contributed by atoms with Crippen molar-refractivity contribution in [2.45, 2.75) is 6.54 Å². The van der Waals surface area contributed by atoms with Gasteiger partial charge >= 0.3 is 0 Å². The molecule has 7 nitrogen and oxygen atoms in total. The zero-order chi connectivity index (χ0) is 17.4. The third kappa shape index (κ3) is 2.69. The van der Waals surface area contributed by atoms with Crippen molar-refractivity contribution in [3.63, 3.8) is 0 Å². The van der Waals surface area contributed by atoms with Crippen LogP contribution in [-0.4, -0.2) is 33.7 Å². The van der Waals surface area contributed by atoms with Crippen LogP contribution in [0.25, 0.3) is 21.9 Å². The SMILES string of the molecule is COc1ccc2nc(Cn3cnc4ccc(OC)cc4c3=O)[nH]c2c1. The Hall–Kier alpha value is -3.35. The number of H-pyrrole nitrogens is 1. The lowest BCUT2D eigenvalue weighted by Gasteiger charge is -2.06. The topological polar surface area (TPSA) is 82.0 Å². The summed E-state index contributed by atoms with van der Waals surface area (Å²) < 4.78 is 11.9. The third-order valence-corrected chi connectivity index (χ3v) is 4.09. The number of methoxy groups -OCH3 is 2. The normalized spacial score (nSPS) is 11.1. The van der Waals surface area contributed by atoms with E-state index in [1.165, 1.54) is 10.9 Å². The van der Waals surface area contributed by atoms with Gasteiger partial charge in [-0.2, -0.15) is 0 Å². The Labute approximate surface area is 142 Å². The molecule has 0 saturated carbocycles. The van der Waals surface area contributed by atoms with Crippen LogP contribution in [0.5, 0.6) is 11.5 Å². The summed E-state index contributed by atoms with van der Waals surface area (Å²) in [5.41, 5.74) is 2.18. The van der Waals surface area contributed by atoms with E-state index in [4.69, 9.17) is 9.47 Å². The molecule has 4 rings (SSSR count). The number of imidazole rings is 1. The first-order valence-corrected chi connectivity index (χ1v) is 7.74. The van der Waals surface area contributed by atoms with Crippen LogP contribution in [-0.2, 0) is 6.54 Å². The molecule has 0 saturated heterocycles. The Morgan fingerprint density at radius 1 is 1.04 bits per heavy atom. The van der Waals surface area contributed by atoms with Crippen LogP contribution >= 0.6 is 0 Å². The smallest absolute Gasteiger partial charge is 0.261 e. The van der Waals surface area contributed by atoms with E-state index in [0.29, 0.717) is 29.0 Å². The van der Waals surface area contributed by atoms with Crippen molar-refractivity contribution in [1.29, 1.82) is 0 Å². The molecule has 2 aromatic heterocycles. The maximum atomic E-state index is 12.7. The summed E-state index contributed by atoms with van der Waals surface area (Å²) in [6, 6.07) is 10.9. The van der Waals surface area contributed by atoms with Crippen LogP contribution in [0.4, 0.5) is 0 Å². The highest BCUT2D eigenvalue weighted by Crippen LogP contribution is 2.19. The van der Waals surface area contributed by atoms with Crippen LogP contribution in [0.15, 0.2) is 47.5 Å². The second-order valence-electron chi connectivity index (χ2n) is 5.63. The van der Waals surface area contributed by atoms with Gasteiger partial charge in [-0.25, -0.2) is 9.97 Å². The maximum absolute atomic E-state index is 12.7. The van der Waals surface area contributed by atoms with E-state index in [1.807, 2.05) is 18.2 Å². The Bertz CT molecular complexity index is 1130. The predicted molar refractivity (Wildman–Crippen MR) is 94.3 cm³/mol. The molecule has 0 aliphatic rings. The van der Waals surface area contributed by atoms with Gasteiger partial charge in [-0.15, -0.1) is 0 Å². The number of hydrogen-bond acceptors (Lipinski definition) is 5. The zero-order valence-corrected chi connectivity index (χ0v) is 13.8. The summed E-state index contributed by atoms with van der Waals surface area (Å²) >= 11 is 0. The lowest BCUT2D eigenvalue weighted by atomic mass is 10.2. The monoisotopic (exact) mass is 336 g/mol. The molecule has 0 spiro atoms. The molecule has 0 unspecified atom stereocenters. The minimum absolute atomic E-state index is 0.137. The molecule has 0 bridgehead atoms. The predicted octanol–water partition coefficient (Wildman–Crippen LogP) is 2.34. The molecule has 2 aromatic carbocycles. The second kappa shape index (κ2) is 5.94. The first kappa shape index (κ1) is 15.2. The third-order valence-electron chi connectivity index (χ3n) is 4.09. The molecule has 1 N–H and O–H groups in total. The van der Waals surface area contributed by atoms with Crippen LogP contribution in [0.1, 0.15) is 5.82 Å². The Balaban J connectivity index is 1.75. The molecule has 126 valence electrons. The molecule has 0 radical (unpaired) electrons.